The molecule has 20 heavy (non-hydrogen) atoms. The normalized spacial score (nSPS) is 18.0. The van der Waals surface area contributed by atoms with Crippen LogP contribution in [0.15, 0.2) is 0 Å². The quantitative estimate of drug-likeness (QED) is 0.721. The van der Waals surface area contributed by atoms with Gasteiger partial charge < -0.3 is 10.2 Å². The molecule has 0 atom stereocenters. The van der Waals surface area contributed by atoms with E-state index in [2.05, 4.69) is 10.2 Å². The Morgan fingerprint density at radius 3 is 2.30 bits per heavy atom. The third kappa shape index (κ3) is 4.71. The highest BCUT2D eigenvalue weighted by Gasteiger charge is 2.37. The molecule has 6 nitrogen and oxygen atoms in total. The number of sulfone groups is 1. The van der Waals surface area contributed by atoms with Crippen molar-refractivity contribution in [3.63, 3.8) is 0 Å². The van der Waals surface area contributed by atoms with Crippen LogP contribution in [0.4, 0.5) is 0 Å². The van der Waals surface area contributed by atoms with Crippen LogP contribution < -0.4 is 5.32 Å². The molecule has 118 valence electrons. The van der Waals surface area contributed by atoms with Gasteiger partial charge >= 0.3 is 0 Å². The van der Waals surface area contributed by atoms with E-state index in [4.69, 9.17) is 0 Å². The standard InChI is InChI=1S/C13H27N3O3S/c1-5-15(10-11-20(4,18)19)12(17)13(2,3)16-8-6-14-7-9-16/h14H,5-11H2,1-4H3. The van der Waals surface area contributed by atoms with Crippen molar-refractivity contribution >= 4 is 15.7 Å². The number of likely N-dealkylation sites (N-methyl/N-ethyl adjacent to an activating group) is 1. The lowest BCUT2D eigenvalue weighted by Gasteiger charge is -2.42. The molecular formula is C13H27N3O3S. The number of nitrogens with one attached hydrogen (secondary N) is 1. The molecule has 1 aliphatic heterocycles. The molecule has 0 saturated carbocycles. The van der Waals surface area contributed by atoms with Crippen molar-refractivity contribution in [2.24, 2.45) is 0 Å². The third-order valence-electron chi connectivity index (χ3n) is 3.83. The first-order valence-corrected chi connectivity index (χ1v) is 9.17. The van der Waals surface area contributed by atoms with Gasteiger partial charge in [-0.2, -0.15) is 0 Å². The first kappa shape index (κ1) is 17.4. The van der Waals surface area contributed by atoms with E-state index >= 15 is 0 Å². The second-order valence-electron chi connectivity index (χ2n) is 5.81. The predicted octanol–water partition coefficient (Wildman–Crippen LogP) is -0.437. The molecule has 0 aromatic carbocycles. The monoisotopic (exact) mass is 305 g/mol. The Hall–Kier alpha value is -0.660. The highest BCUT2D eigenvalue weighted by Crippen LogP contribution is 2.18. The van der Waals surface area contributed by atoms with E-state index in [0.717, 1.165) is 26.2 Å². The van der Waals surface area contributed by atoms with Gasteiger partial charge in [0, 0.05) is 45.5 Å². The van der Waals surface area contributed by atoms with Gasteiger partial charge in [0.1, 0.15) is 9.84 Å². The zero-order chi connectivity index (χ0) is 15.4. The van der Waals surface area contributed by atoms with Crippen molar-refractivity contribution in [2.45, 2.75) is 26.3 Å². The van der Waals surface area contributed by atoms with Crippen LogP contribution in [0.2, 0.25) is 0 Å². The van der Waals surface area contributed by atoms with Gasteiger partial charge in [-0.3, -0.25) is 9.69 Å². The van der Waals surface area contributed by atoms with Crippen LogP contribution in [0.25, 0.3) is 0 Å². The molecule has 1 aliphatic rings. The first-order chi connectivity index (χ1) is 9.18. The summed E-state index contributed by atoms with van der Waals surface area (Å²) in [6.07, 6.45) is 1.20. The van der Waals surface area contributed by atoms with Crippen LogP contribution in [0.5, 0.6) is 0 Å². The summed E-state index contributed by atoms with van der Waals surface area (Å²) in [6, 6.07) is 0. The van der Waals surface area contributed by atoms with Crippen molar-refractivity contribution in [3.05, 3.63) is 0 Å². The second kappa shape index (κ2) is 6.87. The Balaban J connectivity index is 2.72. The minimum Gasteiger partial charge on any atom is -0.340 e. The first-order valence-electron chi connectivity index (χ1n) is 7.11. The Labute approximate surface area is 122 Å². The van der Waals surface area contributed by atoms with Gasteiger partial charge in [0.05, 0.1) is 11.3 Å². The van der Waals surface area contributed by atoms with E-state index in [-0.39, 0.29) is 18.2 Å². The summed E-state index contributed by atoms with van der Waals surface area (Å²) in [6.45, 7) is 9.96. The lowest BCUT2D eigenvalue weighted by atomic mass is 9.99. The highest BCUT2D eigenvalue weighted by atomic mass is 32.2. The molecule has 0 aromatic heterocycles. The van der Waals surface area contributed by atoms with Crippen LogP contribution in [-0.4, -0.2) is 80.9 Å². The number of piperazine rings is 1. The fourth-order valence-electron chi connectivity index (χ4n) is 2.43. The second-order valence-corrected chi connectivity index (χ2v) is 8.07. The zero-order valence-corrected chi connectivity index (χ0v) is 13.8. The maximum atomic E-state index is 12.7. The Morgan fingerprint density at radius 2 is 1.85 bits per heavy atom. The molecule has 0 unspecified atom stereocenters. The molecule has 1 saturated heterocycles. The van der Waals surface area contributed by atoms with Crippen molar-refractivity contribution in [3.8, 4) is 0 Å². The number of nitrogens with zero attached hydrogens (tertiary/aromatic N) is 2. The summed E-state index contributed by atoms with van der Waals surface area (Å²) < 4.78 is 22.5. The van der Waals surface area contributed by atoms with Crippen molar-refractivity contribution in [1.82, 2.24) is 15.1 Å². The lowest BCUT2D eigenvalue weighted by molar-refractivity contribution is -0.142. The molecule has 1 amide bonds. The summed E-state index contributed by atoms with van der Waals surface area (Å²) in [5.41, 5.74) is -0.588. The molecule has 0 radical (unpaired) electrons. The van der Waals surface area contributed by atoms with Gasteiger partial charge in [-0.25, -0.2) is 8.42 Å². The maximum Gasteiger partial charge on any atom is 0.242 e. The fraction of sp³-hybridized carbons (Fsp3) is 0.923. The zero-order valence-electron chi connectivity index (χ0n) is 13.0. The van der Waals surface area contributed by atoms with Crippen LogP contribution >= 0.6 is 0 Å². The van der Waals surface area contributed by atoms with E-state index in [1.807, 2.05) is 20.8 Å². The third-order valence-corrected chi connectivity index (χ3v) is 4.76. The van der Waals surface area contributed by atoms with Gasteiger partial charge in [0.25, 0.3) is 0 Å². The molecule has 7 heteroatoms. The van der Waals surface area contributed by atoms with Crippen LogP contribution in [-0.2, 0) is 14.6 Å². The number of hydrogen-bond acceptors (Lipinski definition) is 5. The molecule has 0 aromatic rings. The van der Waals surface area contributed by atoms with Gasteiger partial charge in [-0.15, -0.1) is 0 Å². The molecule has 1 rings (SSSR count). The largest absolute Gasteiger partial charge is 0.340 e. The van der Waals surface area contributed by atoms with Crippen molar-refractivity contribution in [2.75, 3.05) is 51.3 Å². The minimum absolute atomic E-state index is 0.00514. The average molecular weight is 305 g/mol. The van der Waals surface area contributed by atoms with E-state index in [9.17, 15) is 13.2 Å². The molecule has 1 heterocycles. The number of carbonyl (C=O) groups excluding carboxylic acids is 1. The maximum absolute atomic E-state index is 12.7. The summed E-state index contributed by atoms with van der Waals surface area (Å²) in [5.74, 6) is 0.0232. The summed E-state index contributed by atoms with van der Waals surface area (Å²) in [4.78, 5) is 16.5. The van der Waals surface area contributed by atoms with E-state index in [1.165, 1.54) is 6.26 Å². The van der Waals surface area contributed by atoms with Crippen LogP contribution in [0.1, 0.15) is 20.8 Å². The van der Waals surface area contributed by atoms with Gasteiger partial charge in [-0.05, 0) is 20.8 Å². The van der Waals surface area contributed by atoms with Gasteiger partial charge in [0.15, 0.2) is 0 Å². The van der Waals surface area contributed by atoms with Crippen LogP contribution in [0, 0.1) is 0 Å². The van der Waals surface area contributed by atoms with E-state index in [1.54, 1.807) is 4.90 Å². The average Bonchev–Trinajstić information content (AvgIpc) is 2.39. The molecule has 0 spiro atoms. The Kier molecular flexibility index (Phi) is 5.97. The van der Waals surface area contributed by atoms with Crippen LogP contribution in [0.3, 0.4) is 0 Å². The summed E-state index contributed by atoms with van der Waals surface area (Å²) in [5, 5.41) is 3.27. The Morgan fingerprint density at radius 1 is 1.30 bits per heavy atom. The van der Waals surface area contributed by atoms with E-state index in [0.29, 0.717) is 6.54 Å². The smallest absolute Gasteiger partial charge is 0.242 e. The highest BCUT2D eigenvalue weighted by molar-refractivity contribution is 7.90. The lowest BCUT2D eigenvalue weighted by Crippen LogP contribution is -2.61. The van der Waals surface area contributed by atoms with Gasteiger partial charge in [0.2, 0.25) is 5.91 Å². The number of rotatable bonds is 6. The summed E-state index contributed by atoms with van der Waals surface area (Å²) in [7, 11) is -3.05. The molecule has 0 aliphatic carbocycles. The topological polar surface area (TPSA) is 69.7 Å². The summed E-state index contributed by atoms with van der Waals surface area (Å²) >= 11 is 0. The number of amides is 1. The van der Waals surface area contributed by atoms with E-state index < -0.39 is 15.4 Å². The van der Waals surface area contributed by atoms with Crippen molar-refractivity contribution in [1.29, 1.82) is 0 Å². The van der Waals surface area contributed by atoms with Gasteiger partial charge in [-0.1, -0.05) is 0 Å². The molecule has 0 bridgehead atoms. The SMILES string of the molecule is CCN(CCS(C)(=O)=O)C(=O)C(C)(C)N1CCNCC1. The number of carbonyl (C=O) groups is 1. The predicted molar refractivity (Wildman–Crippen MR) is 80.5 cm³/mol. The minimum atomic E-state index is -3.05. The molecule has 1 fully saturated rings. The number of hydrogen-bond donors (Lipinski definition) is 1. The fourth-order valence-corrected chi connectivity index (χ4v) is 2.98. The molecular weight excluding hydrogens is 278 g/mol. The Bertz CT molecular complexity index is 428. The molecule has 1 N–H and O–H groups in total. The van der Waals surface area contributed by atoms with Crippen molar-refractivity contribution < 1.29 is 13.2 Å².